The quantitative estimate of drug-likeness (QED) is 0.499. The van der Waals surface area contributed by atoms with E-state index in [2.05, 4.69) is 19.5 Å². The number of fused-ring (bicyclic) bond motifs is 1. The number of anilines is 2. The van der Waals surface area contributed by atoms with E-state index >= 15 is 0 Å². The molecule has 0 atom stereocenters. The second-order valence-electron chi connectivity index (χ2n) is 9.43. The first-order chi connectivity index (χ1) is 16.4. The van der Waals surface area contributed by atoms with Gasteiger partial charge in [-0.2, -0.15) is 13.5 Å². The van der Waals surface area contributed by atoms with Gasteiger partial charge in [0.2, 0.25) is 10.0 Å². The molecule has 0 spiro atoms. The highest BCUT2D eigenvalue weighted by Crippen LogP contribution is 2.39. The molecule has 1 aliphatic carbocycles. The minimum atomic E-state index is -4.31. The number of rotatable bonds is 7. The maximum Gasteiger partial charge on any atom is 0.286 e. The number of nitrogens with one attached hydrogen (secondary N) is 2. The van der Waals surface area contributed by atoms with Gasteiger partial charge in [-0.1, -0.05) is 26.7 Å². The van der Waals surface area contributed by atoms with E-state index in [4.69, 9.17) is 0 Å². The zero-order valence-corrected chi connectivity index (χ0v) is 21.4. The van der Waals surface area contributed by atoms with Crippen molar-refractivity contribution in [2.45, 2.75) is 63.3 Å². The monoisotopic (exact) mass is 523 g/mol. The van der Waals surface area contributed by atoms with Gasteiger partial charge >= 0.3 is 0 Å². The molecule has 13 heteroatoms. The molecule has 0 radical (unpaired) electrons. The molecule has 2 aliphatic rings. The molecule has 190 valence electrons. The zero-order chi connectivity index (χ0) is 25.5. The summed E-state index contributed by atoms with van der Waals surface area (Å²) < 4.78 is 56.4. The van der Waals surface area contributed by atoms with E-state index in [-0.39, 0.29) is 39.3 Å². The van der Waals surface area contributed by atoms with E-state index in [9.17, 15) is 26.7 Å². The number of hydrogen-bond acceptors (Lipinski definition) is 8. The van der Waals surface area contributed by atoms with Crippen molar-refractivity contribution in [1.29, 1.82) is 0 Å². The first kappa shape index (κ1) is 25.2. The minimum absolute atomic E-state index is 0.0302. The smallest absolute Gasteiger partial charge is 0.286 e. The second-order valence-corrected chi connectivity index (χ2v) is 12.7. The van der Waals surface area contributed by atoms with Crippen molar-refractivity contribution in [3.63, 3.8) is 0 Å². The van der Waals surface area contributed by atoms with E-state index in [1.807, 2.05) is 13.8 Å². The van der Waals surface area contributed by atoms with Gasteiger partial charge in [-0.05, 0) is 43.4 Å². The van der Waals surface area contributed by atoms with Gasteiger partial charge in [-0.25, -0.2) is 13.1 Å². The molecule has 0 saturated heterocycles. The van der Waals surface area contributed by atoms with Crippen LogP contribution in [0.1, 0.15) is 63.1 Å². The normalized spacial score (nSPS) is 17.7. The van der Waals surface area contributed by atoms with Crippen LogP contribution in [-0.4, -0.2) is 43.8 Å². The van der Waals surface area contributed by atoms with Crippen LogP contribution in [-0.2, 0) is 26.6 Å². The van der Waals surface area contributed by atoms with Crippen molar-refractivity contribution >= 4 is 37.3 Å². The lowest BCUT2D eigenvalue weighted by Gasteiger charge is -2.22. The highest BCUT2D eigenvalue weighted by Gasteiger charge is 2.33. The molecule has 0 bridgehead atoms. The van der Waals surface area contributed by atoms with E-state index in [1.54, 1.807) is 0 Å². The number of aromatic hydroxyl groups is 1. The summed E-state index contributed by atoms with van der Waals surface area (Å²) in [4.78, 5) is 13.1. The second kappa shape index (κ2) is 9.26. The van der Waals surface area contributed by atoms with Crippen LogP contribution in [0.3, 0.4) is 0 Å². The van der Waals surface area contributed by atoms with Crippen LogP contribution < -0.4 is 15.6 Å². The number of benzene rings is 1. The SMILES string of the molecule is CC(C)CCn1nc(C2CCCC2)c(O)c(C2=NS(=O)(=O)c3cc(NS(C)(=O)=O)ccc3N2)c1=O. The molecular formula is C22H29N5O6S2. The molecule has 1 fully saturated rings. The minimum Gasteiger partial charge on any atom is -0.505 e. The number of sulfonamides is 2. The summed E-state index contributed by atoms with van der Waals surface area (Å²) in [5.74, 6) is -0.368. The molecule has 3 N–H and O–H groups in total. The fraction of sp³-hybridized carbons (Fsp3) is 0.500. The van der Waals surface area contributed by atoms with Crippen molar-refractivity contribution < 1.29 is 21.9 Å². The molecular weight excluding hydrogens is 494 g/mol. The Bertz CT molecular complexity index is 1460. The van der Waals surface area contributed by atoms with Crippen molar-refractivity contribution in [2.75, 3.05) is 16.3 Å². The summed E-state index contributed by atoms with van der Waals surface area (Å²) >= 11 is 0. The van der Waals surface area contributed by atoms with Crippen molar-refractivity contribution in [1.82, 2.24) is 9.78 Å². The number of amidine groups is 1. The average Bonchev–Trinajstić information content (AvgIpc) is 3.27. The van der Waals surface area contributed by atoms with Crippen LogP contribution in [0.25, 0.3) is 0 Å². The van der Waals surface area contributed by atoms with E-state index in [1.165, 1.54) is 16.8 Å². The Morgan fingerprint density at radius 2 is 1.94 bits per heavy atom. The van der Waals surface area contributed by atoms with Crippen molar-refractivity contribution in [3.05, 3.63) is 39.8 Å². The van der Waals surface area contributed by atoms with Gasteiger partial charge in [-0.3, -0.25) is 9.52 Å². The molecule has 1 aliphatic heterocycles. The largest absolute Gasteiger partial charge is 0.505 e. The van der Waals surface area contributed by atoms with Gasteiger partial charge in [0.05, 0.1) is 11.9 Å². The predicted molar refractivity (Wildman–Crippen MR) is 133 cm³/mol. The first-order valence-corrected chi connectivity index (χ1v) is 14.8. The van der Waals surface area contributed by atoms with Crippen molar-refractivity contribution in [3.8, 4) is 5.75 Å². The van der Waals surface area contributed by atoms with Gasteiger partial charge in [0.1, 0.15) is 16.2 Å². The summed E-state index contributed by atoms with van der Waals surface area (Å²) in [5, 5.41) is 18.4. The Kier molecular flexibility index (Phi) is 6.66. The standard InChI is InChI=1S/C22H29N5O6S2/c1-13(2)10-11-27-22(29)18(20(28)19(24-27)14-6-4-5-7-14)21-23-16-9-8-15(25-34(3,30)31)12-17(16)35(32,33)26-21/h8-9,12-14,25,28H,4-7,10-11H2,1-3H3,(H,23,26). The average molecular weight is 524 g/mol. The third kappa shape index (κ3) is 5.35. The van der Waals surface area contributed by atoms with Gasteiger partial charge < -0.3 is 10.4 Å². The molecule has 35 heavy (non-hydrogen) atoms. The Morgan fingerprint density at radius 3 is 2.57 bits per heavy atom. The summed E-state index contributed by atoms with van der Waals surface area (Å²) in [5.41, 5.74) is -0.327. The lowest BCUT2D eigenvalue weighted by atomic mass is 10.0. The Balaban J connectivity index is 1.83. The number of aryl methyl sites for hydroxylation is 1. The number of nitrogens with zero attached hydrogens (tertiary/aromatic N) is 3. The number of hydrogen-bond donors (Lipinski definition) is 3. The topological polar surface area (TPSA) is 160 Å². The van der Waals surface area contributed by atoms with Crippen LogP contribution in [0.4, 0.5) is 11.4 Å². The summed E-state index contributed by atoms with van der Waals surface area (Å²) in [7, 11) is -7.93. The van der Waals surface area contributed by atoms with Gasteiger partial charge in [-0.15, -0.1) is 4.40 Å². The molecule has 0 amide bonds. The molecule has 0 unspecified atom stereocenters. The number of aromatic nitrogens is 2. The predicted octanol–water partition coefficient (Wildman–Crippen LogP) is 2.59. The molecule has 1 aromatic heterocycles. The Morgan fingerprint density at radius 1 is 1.26 bits per heavy atom. The lowest BCUT2D eigenvalue weighted by molar-refractivity contribution is 0.419. The third-order valence-electron chi connectivity index (χ3n) is 6.08. The molecule has 11 nitrogen and oxygen atoms in total. The zero-order valence-electron chi connectivity index (χ0n) is 19.8. The molecule has 2 aromatic rings. The first-order valence-electron chi connectivity index (χ1n) is 11.4. The van der Waals surface area contributed by atoms with E-state index in [0.717, 1.165) is 38.0 Å². The Hall–Kier alpha value is -2.93. The van der Waals surface area contributed by atoms with Crippen LogP contribution in [0.5, 0.6) is 5.75 Å². The van der Waals surface area contributed by atoms with Crippen LogP contribution in [0.2, 0.25) is 0 Å². The highest BCUT2D eigenvalue weighted by molar-refractivity contribution is 7.92. The Labute approximate surface area is 204 Å². The van der Waals surface area contributed by atoms with E-state index < -0.39 is 25.6 Å². The summed E-state index contributed by atoms with van der Waals surface area (Å²) in [6.07, 6.45) is 5.24. The summed E-state index contributed by atoms with van der Waals surface area (Å²) in [6.45, 7) is 4.36. The molecule has 1 aromatic carbocycles. The molecule has 4 rings (SSSR count). The molecule has 1 saturated carbocycles. The van der Waals surface area contributed by atoms with E-state index in [0.29, 0.717) is 24.6 Å². The fourth-order valence-electron chi connectivity index (χ4n) is 4.35. The maximum atomic E-state index is 13.4. The van der Waals surface area contributed by atoms with Crippen LogP contribution in [0.15, 0.2) is 32.3 Å². The highest BCUT2D eigenvalue weighted by atomic mass is 32.2. The van der Waals surface area contributed by atoms with Gasteiger partial charge in [0.25, 0.3) is 15.6 Å². The third-order valence-corrected chi connectivity index (χ3v) is 8.00. The fourth-order valence-corrected chi connectivity index (χ4v) is 6.05. The van der Waals surface area contributed by atoms with Gasteiger partial charge in [0, 0.05) is 18.2 Å². The van der Waals surface area contributed by atoms with Crippen LogP contribution in [0, 0.1) is 5.92 Å². The van der Waals surface area contributed by atoms with Crippen LogP contribution >= 0.6 is 0 Å². The van der Waals surface area contributed by atoms with Gasteiger partial charge in [0.15, 0.2) is 11.6 Å². The lowest BCUT2D eigenvalue weighted by Crippen LogP contribution is -2.35. The van der Waals surface area contributed by atoms with Crippen molar-refractivity contribution in [2.24, 2.45) is 10.3 Å². The summed E-state index contributed by atoms with van der Waals surface area (Å²) in [6, 6.07) is 3.92. The molecule has 2 heterocycles. The maximum absolute atomic E-state index is 13.4.